The molecule has 2 atom stereocenters. The Morgan fingerprint density at radius 3 is 2.67 bits per heavy atom. The molecule has 1 heterocycles. The molecule has 4 nitrogen and oxygen atoms in total. The Hall–Kier alpha value is -1.28. The summed E-state index contributed by atoms with van der Waals surface area (Å²) in [4.78, 5) is 10.7. The second kappa shape index (κ2) is 6.23. The van der Waals surface area contributed by atoms with E-state index in [1.54, 1.807) is 0 Å². The van der Waals surface area contributed by atoms with E-state index in [1.807, 2.05) is 0 Å². The average molecular weight is 368 g/mol. The molecule has 2 unspecified atom stereocenters. The van der Waals surface area contributed by atoms with Crippen LogP contribution in [0.1, 0.15) is 18.4 Å². The molecule has 1 aromatic carbocycles. The standard InChI is InChI=1S/C13H13BrF3NO3/c14-8-3-7(13(15,16)17)4-9(5-8)18-6-10-1-2-11(21-10)12(19)20/h3-5,10-11,18H,1-2,6H2,(H,19,20). The zero-order valence-electron chi connectivity index (χ0n) is 10.8. The fourth-order valence-electron chi connectivity index (χ4n) is 2.12. The number of aliphatic carboxylic acids is 1. The van der Waals surface area contributed by atoms with Crippen LogP contribution in [0.3, 0.4) is 0 Å². The lowest BCUT2D eigenvalue weighted by atomic mass is 10.1. The number of carboxylic acid groups (broad SMARTS) is 1. The zero-order valence-corrected chi connectivity index (χ0v) is 12.4. The Morgan fingerprint density at radius 1 is 1.38 bits per heavy atom. The van der Waals surface area contributed by atoms with Crippen molar-refractivity contribution in [1.29, 1.82) is 0 Å². The van der Waals surface area contributed by atoms with Gasteiger partial charge in [-0.3, -0.25) is 0 Å². The number of halogens is 4. The van der Waals surface area contributed by atoms with Crippen LogP contribution in [0.2, 0.25) is 0 Å². The minimum Gasteiger partial charge on any atom is -0.479 e. The minimum atomic E-state index is -4.42. The van der Waals surface area contributed by atoms with Crippen molar-refractivity contribution in [3.8, 4) is 0 Å². The summed E-state index contributed by atoms with van der Waals surface area (Å²) in [6.07, 6.45) is -4.60. The third-order valence-electron chi connectivity index (χ3n) is 3.14. The quantitative estimate of drug-likeness (QED) is 0.854. The Bertz CT molecular complexity index is 536. The summed E-state index contributed by atoms with van der Waals surface area (Å²) in [6.45, 7) is 0.261. The first kappa shape index (κ1) is 16.1. The summed E-state index contributed by atoms with van der Waals surface area (Å²) in [7, 11) is 0. The highest BCUT2D eigenvalue weighted by Gasteiger charge is 2.32. The van der Waals surface area contributed by atoms with Crippen molar-refractivity contribution < 1.29 is 27.8 Å². The van der Waals surface area contributed by atoms with Gasteiger partial charge < -0.3 is 15.2 Å². The largest absolute Gasteiger partial charge is 0.479 e. The highest BCUT2D eigenvalue weighted by molar-refractivity contribution is 9.10. The van der Waals surface area contributed by atoms with Gasteiger partial charge in [0.25, 0.3) is 0 Å². The lowest BCUT2D eigenvalue weighted by molar-refractivity contribution is -0.149. The first-order chi connectivity index (χ1) is 9.75. The molecule has 21 heavy (non-hydrogen) atoms. The van der Waals surface area contributed by atoms with Crippen LogP contribution in [0, 0.1) is 0 Å². The van der Waals surface area contributed by atoms with Gasteiger partial charge in [0.05, 0.1) is 11.7 Å². The molecule has 0 aromatic heterocycles. The predicted octanol–water partition coefficient (Wildman–Crippen LogP) is 3.51. The third kappa shape index (κ3) is 4.34. The lowest BCUT2D eigenvalue weighted by Gasteiger charge is -2.15. The van der Waals surface area contributed by atoms with E-state index in [0.717, 1.165) is 12.1 Å². The molecule has 0 bridgehead atoms. The molecule has 1 aliphatic heterocycles. The topological polar surface area (TPSA) is 58.6 Å². The van der Waals surface area contributed by atoms with Gasteiger partial charge in [0.2, 0.25) is 0 Å². The van der Waals surface area contributed by atoms with Crippen LogP contribution in [0.15, 0.2) is 22.7 Å². The third-order valence-corrected chi connectivity index (χ3v) is 3.60. The van der Waals surface area contributed by atoms with Crippen LogP contribution in [0.25, 0.3) is 0 Å². The maximum atomic E-state index is 12.7. The second-order valence-electron chi connectivity index (χ2n) is 4.77. The van der Waals surface area contributed by atoms with Crippen LogP contribution < -0.4 is 5.32 Å². The summed E-state index contributed by atoms with van der Waals surface area (Å²) >= 11 is 3.04. The maximum Gasteiger partial charge on any atom is 0.416 e. The van der Waals surface area contributed by atoms with Gasteiger partial charge in [-0.25, -0.2) is 4.79 Å². The van der Waals surface area contributed by atoms with Gasteiger partial charge in [-0.2, -0.15) is 13.2 Å². The molecule has 1 saturated heterocycles. The number of rotatable bonds is 4. The number of nitrogens with one attached hydrogen (secondary N) is 1. The predicted molar refractivity (Wildman–Crippen MR) is 73.2 cm³/mol. The molecule has 116 valence electrons. The molecule has 1 aromatic rings. The number of anilines is 1. The van der Waals surface area contributed by atoms with Gasteiger partial charge >= 0.3 is 12.1 Å². The van der Waals surface area contributed by atoms with Gasteiger partial charge in [-0.05, 0) is 31.0 Å². The van der Waals surface area contributed by atoms with Crippen molar-refractivity contribution >= 4 is 27.6 Å². The maximum absolute atomic E-state index is 12.7. The fourth-order valence-corrected chi connectivity index (χ4v) is 2.62. The Labute approximate surface area is 127 Å². The monoisotopic (exact) mass is 367 g/mol. The van der Waals surface area contributed by atoms with Crippen molar-refractivity contribution in [2.75, 3.05) is 11.9 Å². The van der Waals surface area contributed by atoms with E-state index < -0.39 is 23.8 Å². The molecule has 0 radical (unpaired) electrons. The van der Waals surface area contributed by atoms with E-state index in [0.29, 0.717) is 23.0 Å². The van der Waals surface area contributed by atoms with Crippen molar-refractivity contribution in [2.24, 2.45) is 0 Å². The SMILES string of the molecule is O=C(O)C1CCC(CNc2cc(Br)cc(C(F)(F)F)c2)O1. The number of carbonyl (C=O) groups is 1. The highest BCUT2D eigenvalue weighted by Crippen LogP contribution is 2.33. The second-order valence-corrected chi connectivity index (χ2v) is 5.69. The van der Waals surface area contributed by atoms with Gasteiger partial charge in [-0.15, -0.1) is 0 Å². The molecule has 0 saturated carbocycles. The number of hydrogen-bond donors (Lipinski definition) is 2. The highest BCUT2D eigenvalue weighted by atomic mass is 79.9. The first-order valence-corrected chi connectivity index (χ1v) is 7.05. The Balaban J connectivity index is 1.98. The van der Waals surface area contributed by atoms with Crippen molar-refractivity contribution in [1.82, 2.24) is 0 Å². The van der Waals surface area contributed by atoms with E-state index in [4.69, 9.17) is 9.84 Å². The molecule has 0 spiro atoms. The minimum absolute atomic E-state index is 0.261. The average Bonchev–Trinajstić information content (AvgIpc) is 2.83. The normalized spacial score (nSPS) is 22.3. The summed E-state index contributed by atoms with van der Waals surface area (Å²) in [5, 5.41) is 11.7. The number of hydrogen-bond acceptors (Lipinski definition) is 3. The van der Waals surface area contributed by atoms with E-state index >= 15 is 0 Å². The van der Waals surface area contributed by atoms with E-state index in [1.165, 1.54) is 6.07 Å². The van der Waals surface area contributed by atoms with Gasteiger partial charge in [-0.1, -0.05) is 15.9 Å². The molecule has 8 heteroatoms. The van der Waals surface area contributed by atoms with Crippen LogP contribution in [-0.4, -0.2) is 29.8 Å². The molecule has 1 aliphatic rings. The van der Waals surface area contributed by atoms with Crippen molar-refractivity contribution in [3.05, 3.63) is 28.2 Å². The van der Waals surface area contributed by atoms with Crippen molar-refractivity contribution in [2.45, 2.75) is 31.2 Å². The fraction of sp³-hybridized carbons (Fsp3) is 0.462. The molecule has 1 fully saturated rings. The van der Waals surface area contributed by atoms with Crippen LogP contribution in [0.4, 0.5) is 18.9 Å². The Kier molecular flexibility index (Phi) is 4.77. The number of benzene rings is 1. The molecule has 2 N–H and O–H groups in total. The molecular weight excluding hydrogens is 355 g/mol. The van der Waals surface area contributed by atoms with Gasteiger partial charge in [0.15, 0.2) is 6.10 Å². The van der Waals surface area contributed by atoms with Gasteiger partial charge in [0.1, 0.15) is 0 Å². The number of alkyl halides is 3. The molecule has 0 amide bonds. The first-order valence-electron chi connectivity index (χ1n) is 6.25. The summed E-state index contributed by atoms with van der Waals surface area (Å²) in [5.41, 5.74) is -0.450. The summed E-state index contributed by atoms with van der Waals surface area (Å²) < 4.78 is 43.7. The molecule has 0 aliphatic carbocycles. The van der Waals surface area contributed by atoms with E-state index in [-0.39, 0.29) is 12.6 Å². The lowest BCUT2D eigenvalue weighted by Crippen LogP contribution is -2.24. The van der Waals surface area contributed by atoms with Crippen LogP contribution in [0.5, 0.6) is 0 Å². The number of ether oxygens (including phenoxy) is 1. The summed E-state index contributed by atoms with van der Waals surface area (Å²) in [6, 6.07) is 3.53. The molecule has 2 rings (SSSR count). The zero-order chi connectivity index (χ0) is 15.6. The Morgan fingerprint density at radius 2 is 2.10 bits per heavy atom. The van der Waals surface area contributed by atoms with Crippen molar-refractivity contribution in [3.63, 3.8) is 0 Å². The van der Waals surface area contributed by atoms with Gasteiger partial charge in [0, 0.05) is 16.7 Å². The summed E-state index contributed by atoms with van der Waals surface area (Å²) in [5.74, 6) is -1.01. The molecular formula is C13H13BrF3NO3. The smallest absolute Gasteiger partial charge is 0.416 e. The van der Waals surface area contributed by atoms with Crippen LogP contribution in [-0.2, 0) is 15.7 Å². The van der Waals surface area contributed by atoms with E-state index in [9.17, 15) is 18.0 Å². The number of carboxylic acids is 1. The van der Waals surface area contributed by atoms with Crippen LogP contribution >= 0.6 is 15.9 Å². The van der Waals surface area contributed by atoms with E-state index in [2.05, 4.69) is 21.2 Å².